The van der Waals surface area contributed by atoms with Crippen molar-refractivity contribution in [1.82, 2.24) is 4.98 Å². The Balaban J connectivity index is 0. The number of aliphatic imine (C=N–C) groups is 2. The van der Waals surface area contributed by atoms with Gasteiger partial charge in [0.15, 0.2) is 0 Å². The number of rotatable bonds is 8. The van der Waals surface area contributed by atoms with Gasteiger partial charge in [0.05, 0.1) is 35.2 Å². The number of pyridine rings is 1. The van der Waals surface area contributed by atoms with E-state index in [1.807, 2.05) is 12.4 Å². The van der Waals surface area contributed by atoms with Crippen LogP contribution in [0.4, 0.5) is 11.4 Å². The monoisotopic (exact) mass is 686 g/mol. The maximum absolute atomic E-state index is 4.89. The minimum absolute atomic E-state index is 0. The van der Waals surface area contributed by atoms with Crippen molar-refractivity contribution >= 4 is 23.8 Å². The summed E-state index contributed by atoms with van der Waals surface area (Å²) in [6.07, 6.45) is 7.67. The molecule has 3 nitrogen and oxygen atoms in total. The Hall–Kier alpha value is -0.849. The fourth-order valence-corrected chi connectivity index (χ4v) is 4.39. The molecular weight excluding hydrogens is 653 g/mol. The summed E-state index contributed by atoms with van der Waals surface area (Å²) in [5, 5.41) is 0. The number of aryl methyl sites for hydroxylation is 7. The SMILES string of the molecule is CCc1cc(C)cc(CC)c1N=Cc1cc(C)cc(C=Nc2c(CC)cc(C)cc2CC)n1.[Cl-].[Cl-].[Cl-].[Nd+3]. The number of halogens is 3. The summed E-state index contributed by atoms with van der Waals surface area (Å²) in [4.78, 5) is 14.6. The van der Waals surface area contributed by atoms with Crippen molar-refractivity contribution in [2.24, 2.45) is 9.98 Å². The fraction of sp³-hybridized carbons (Fsp3) is 0.367. The van der Waals surface area contributed by atoms with Crippen LogP contribution in [0.1, 0.15) is 78.0 Å². The van der Waals surface area contributed by atoms with Gasteiger partial charge in [0.1, 0.15) is 0 Å². The molecule has 1 heterocycles. The van der Waals surface area contributed by atoms with E-state index < -0.39 is 0 Å². The van der Waals surface area contributed by atoms with Gasteiger partial charge < -0.3 is 37.2 Å². The molecule has 0 aliphatic carbocycles. The average molecular weight is 690 g/mol. The molecular formula is C30H37Cl3N3Nd. The molecule has 0 aliphatic heterocycles. The molecule has 0 saturated carbocycles. The fourth-order valence-electron chi connectivity index (χ4n) is 4.39. The molecule has 1 radical (unpaired) electrons. The number of nitrogens with zero attached hydrogens (tertiary/aromatic N) is 3. The molecule has 197 valence electrons. The van der Waals surface area contributed by atoms with Gasteiger partial charge in [-0.2, -0.15) is 0 Å². The normalized spacial score (nSPS) is 10.5. The van der Waals surface area contributed by atoms with Crippen LogP contribution in [0.3, 0.4) is 0 Å². The van der Waals surface area contributed by atoms with Crippen molar-refractivity contribution in [3.63, 3.8) is 0 Å². The van der Waals surface area contributed by atoms with Crippen molar-refractivity contribution in [3.8, 4) is 0 Å². The summed E-state index contributed by atoms with van der Waals surface area (Å²) in [6.45, 7) is 15.2. The number of aromatic nitrogens is 1. The van der Waals surface area contributed by atoms with E-state index in [4.69, 9.17) is 15.0 Å². The van der Waals surface area contributed by atoms with Gasteiger partial charge in [-0.1, -0.05) is 63.1 Å². The second-order valence-electron chi connectivity index (χ2n) is 8.79. The standard InChI is InChI=1S/C30H37N3.3ClH.Nd/c1-8-23-12-20(5)13-24(9-2)29(23)31-18-27-16-22(7)17-28(33-27)19-32-30-25(10-3)14-21(6)15-26(30)11-4;;;;/h12-19H,8-11H2,1-7H3;3*1H;/q;;;;+3/p-3. The first-order valence-electron chi connectivity index (χ1n) is 12.2. The average Bonchev–Trinajstić information content (AvgIpc) is 2.80. The van der Waals surface area contributed by atoms with Gasteiger partial charge in [0.25, 0.3) is 0 Å². The quantitative estimate of drug-likeness (QED) is 0.273. The second kappa shape index (κ2) is 18.4. The molecule has 0 amide bonds. The van der Waals surface area contributed by atoms with Crippen LogP contribution in [0.25, 0.3) is 0 Å². The third-order valence-corrected chi connectivity index (χ3v) is 6.01. The van der Waals surface area contributed by atoms with Crippen LogP contribution in [0.15, 0.2) is 46.4 Å². The smallest absolute Gasteiger partial charge is 1.00 e. The van der Waals surface area contributed by atoms with Crippen LogP contribution in [0, 0.1) is 61.6 Å². The summed E-state index contributed by atoms with van der Waals surface area (Å²) >= 11 is 0. The zero-order chi connectivity index (χ0) is 24.0. The molecule has 1 aromatic heterocycles. The number of benzene rings is 2. The van der Waals surface area contributed by atoms with Crippen LogP contribution >= 0.6 is 0 Å². The third-order valence-electron chi connectivity index (χ3n) is 6.01. The molecule has 0 aliphatic rings. The predicted octanol–water partition coefficient (Wildman–Crippen LogP) is -1.23. The first kappa shape index (κ1) is 38.3. The Morgan fingerprint density at radius 1 is 0.541 bits per heavy atom. The van der Waals surface area contributed by atoms with Crippen LogP contribution in [-0.4, -0.2) is 17.4 Å². The van der Waals surface area contributed by atoms with Gasteiger partial charge in [-0.3, -0.25) is 9.98 Å². The summed E-state index contributed by atoms with van der Waals surface area (Å²) in [5.41, 5.74) is 12.8. The van der Waals surface area contributed by atoms with E-state index in [-0.39, 0.29) is 78.1 Å². The van der Waals surface area contributed by atoms with Crippen LogP contribution in [0.2, 0.25) is 0 Å². The van der Waals surface area contributed by atoms with Crippen LogP contribution in [0.5, 0.6) is 0 Å². The Labute approximate surface area is 275 Å². The summed E-state index contributed by atoms with van der Waals surface area (Å²) < 4.78 is 0. The predicted molar refractivity (Wildman–Crippen MR) is 143 cm³/mol. The van der Waals surface area contributed by atoms with Crippen LogP contribution in [-0.2, 0) is 25.7 Å². The van der Waals surface area contributed by atoms with E-state index in [1.165, 1.54) is 33.4 Å². The molecule has 2 aromatic carbocycles. The third kappa shape index (κ3) is 10.3. The molecule has 0 bridgehead atoms. The minimum Gasteiger partial charge on any atom is -1.00 e. The van der Waals surface area contributed by atoms with Gasteiger partial charge in [0, 0.05) is 0 Å². The van der Waals surface area contributed by atoms with Crippen LogP contribution < -0.4 is 37.2 Å². The Kier molecular flexibility index (Phi) is 19.1. The first-order chi connectivity index (χ1) is 15.9. The van der Waals surface area contributed by atoms with Gasteiger partial charge in [-0.05, 0) is 86.4 Å². The Bertz CT molecular complexity index is 1070. The maximum Gasteiger partial charge on any atom is 3.00 e. The van der Waals surface area contributed by atoms with Crippen molar-refractivity contribution in [2.45, 2.75) is 74.1 Å². The van der Waals surface area contributed by atoms with Crippen molar-refractivity contribution in [3.05, 3.63) is 86.7 Å². The van der Waals surface area contributed by atoms with E-state index >= 15 is 0 Å². The Morgan fingerprint density at radius 2 is 0.811 bits per heavy atom. The topological polar surface area (TPSA) is 37.6 Å². The van der Waals surface area contributed by atoms with Gasteiger partial charge in [-0.15, -0.1) is 0 Å². The molecule has 0 N–H and O–H groups in total. The molecule has 7 heteroatoms. The van der Waals surface area contributed by atoms with Gasteiger partial charge >= 0.3 is 40.8 Å². The van der Waals surface area contributed by atoms with Crippen molar-refractivity contribution in [1.29, 1.82) is 0 Å². The molecule has 37 heavy (non-hydrogen) atoms. The summed E-state index contributed by atoms with van der Waals surface area (Å²) in [7, 11) is 0. The van der Waals surface area contributed by atoms with Gasteiger partial charge in [-0.25, -0.2) is 4.98 Å². The molecule has 0 fully saturated rings. The van der Waals surface area contributed by atoms with E-state index in [1.54, 1.807) is 0 Å². The number of hydrogen-bond donors (Lipinski definition) is 0. The van der Waals surface area contributed by atoms with Crippen molar-refractivity contribution < 1.29 is 78.1 Å². The second-order valence-corrected chi connectivity index (χ2v) is 8.79. The number of hydrogen-bond acceptors (Lipinski definition) is 3. The van der Waals surface area contributed by atoms with E-state index in [0.717, 1.165) is 54.0 Å². The molecule has 0 spiro atoms. The van der Waals surface area contributed by atoms with Gasteiger partial charge in [0.2, 0.25) is 0 Å². The summed E-state index contributed by atoms with van der Waals surface area (Å²) in [6, 6.07) is 13.1. The van der Waals surface area contributed by atoms with Crippen molar-refractivity contribution in [2.75, 3.05) is 0 Å². The zero-order valence-corrected chi connectivity index (χ0v) is 28.4. The maximum atomic E-state index is 4.89. The van der Waals surface area contributed by atoms with E-state index in [2.05, 4.69) is 84.9 Å². The molecule has 0 atom stereocenters. The Morgan fingerprint density at radius 3 is 1.08 bits per heavy atom. The largest absolute Gasteiger partial charge is 3.00 e. The molecule has 0 saturated heterocycles. The first-order valence-corrected chi connectivity index (χ1v) is 12.2. The van der Waals surface area contributed by atoms with E-state index in [9.17, 15) is 0 Å². The zero-order valence-electron chi connectivity index (χ0n) is 22.9. The summed E-state index contributed by atoms with van der Waals surface area (Å²) in [5.74, 6) is 0. The molecule has 3 rings (SSSR count). The molecule has 3 aromatic rings. The van der Waals surface area contributed by atoms with E-state index in [0.29, 0.717) is 0 Å². The minimum atomic E-state index is 0. The molecule has 0 unspecified atom stereocenters.